The maximum absolute atomic E-state index is 12.2. The number of nitrogens with zero attached hydrogens (tertiary/aromatic N) is 1. The van der Waals surface area contributed by atoms with Crippen molar-refractivity contribution in [3.63, 3.8) is 0 Å². The van der Waals surface area contributed by atoms with Crippen LogP contribution in [0.4, 0.5) is 13.2 Å². The molecule has 8 heteroatoms. The second-order valence-electron chi connectivity index (χ2n) is 3.45. The van der Waals surface area contributed by atoms with E-state index in [1.165, 1.54) is 6.92 Å². The third-order valence-electron chi connectivity index (χ3n) is 1.89. The van der Waals surface area contributed by atoms with Crippen LogP contribution in [0.2, 0.25) is 0 Å². The summed E-state index contributed by atoms with van der Waals surface area (Å²) >= 11 is 0.923. The lowest BCUT2D eigenvalue weighted by Crippen LogP contribution is -2.39. The van der Waals surface area contributed by atoms with Crippen molar-refractivity contribution in [3.8, 4) is 0 Å². The van der Waals surface area contributed by atoms with Gasteiger partial charge in [0.15, 0.2) is 5.69 Å². The number of nitrogens with one attached hydrogen (secondary N) is 1. The molecular weight excluding hydrogens is 255 g/mol. The second kappa shape index (κ2) is 5.46. The van der Waals surface area contributed by atoms with E-state index < -0.39 is 17.9 Å². The van der Waals surface area contributed by atoms with Crippen LogP contribution >= 0.6 is 11.3 Å². The van der Waals surface area contributed by atoms with Gasteiger partial charge in [0, 0.05) is 18.3 Å². The number of carbonyl (C=O) groups excluding carboxylic acids is 1. The Balaban J connectivity index is 2.43. The van der Waals surface area contributed by atoms with Crippen LogP contribution in [0, 0.1) is 0 Å². The molecule has 1 aromatic rings. The quantitative estimate of drug-likeness (QED) is 0.860. The number of hydrogen-bond donors (Lipinski definition) is 2. The van der Waals surface area contributed by atoms with E-state index >= 15 is 0 Å². The predicted octanol–water partition coefficient (Wildman–Crippen LogP) is 1.17. The molecule has 0 fully saturated rings. The Morgan fingerprint density at radius 2 is 2.29 bits per heavy atom. The number of aromatic nitrogens is 1. The van der Waals surface area contributed by atoms with Crippen molar-refractivity contribution >= 4 is 17.2 Å². The van der Waals surface area contributed by atoms with Gasteiger partial charge in [0.25, 0.3) is 0 Å². The van der Waals surface area contributed by atoms with Gasteiger partial charge in [-0.25, -0.2) is 4.98 Å². The number of amides is 1. The third-order valence-corrected chi connectivity index (χ3v) is 2.80. The topological polar surface area (TPSA) is 68.0 Å². The maximum Gasteiger partial charge on any atom is 0.434 e. The fourth-order valence-electron chi connectivity index (χ4n) is 1.01. The molecule has 0 saturated heterocycles. The van der Waals surface area contributed by atoms with Crippen molar-refractivity contribution in [2.75, 3.05) is 6.54 Å². The number of halogens is 3. The lowest BCUT2D eigenvalue weighted by Gasteiger charge is -2.06. The SMILES string of the molecule is C[C@H](N)C(=O)NCCc1nc(C(F)(F)F)cs1. The van der Waals surface area contributed by atoms with Crippen LogP contribution in [-0.2, 0) is 17.4 Å². The fourth-order valence-corrected chi connectivity index (χ4v) is 1.81. The van der Waals surface area contributed by atoms with Gasteiger partial charge < -0.3 is 11.1 Å². The molecule has 1 rings (SSSR count). The molecule has 1 aromatic heterocycles. The monoisotopic (exact) mass is 267 g/mol. The molecule has 0 bridgehead atoms. The zero-order valence-corrected chi connectivity index (χ0v) is 9.86. The summed E-state index contributed by atoms with van der Waals surface area (Å²) in [6.45, 7) is 1.76. The summed E-state index contributed by atoms with van der Waals surface area (Å²) in [6, 6.07) is -0.628. The number of alkyl halides is 3. The van der Waals surface area contributed by atoms with Crippen molar-refractivity contribution in [2.45, 2.75) is 25.6 Å². The molecule has 0 aliphatic heterocycles. The predicted molar refractivity (Wildman–Crippen MR) is 57.5 cm³/mol. The average molecular weight is 267 g/mol. The Kier molecular flexibility index (Phi) is 4.47. The van der Waals surface area contributed by atoms with E-state index in [4.69, 9.17) is 5.73 Å². The molecule has 0 radical (unpaired) electrons. The lowest BCUT2D eigenvalue weighted by atomic mass is 10.3. The molecular formula is C9H12F3N3OS. The highest BCUT2D eigenvalue weighted by Crippen LogP contribution is 2.29. The zero-order valence-electron chi connectivity index (χ0n) is 9.04. The van der Waals surface area contributed by atoms with E-state index in [-0.39, 0.29) is 18.9 Å². The number of hydrogen-bond acceptors (Lipinski definition) is 4. The van der Waals surface area contributed by atoms with Crippen LogP contribution in [0.5, 0.6) is 0 Å². The Bertz CT molecular complexity index is 389. The first-order valence-corrected chi connectivity index (χ1v) is 5.73. The Hall–Kier alpha value is -1.15. The largest absolute Gasteiger partial charge is 0.434 e. The van der Waals surface area contributed by atoms with E-state index in [9.17, 15) is 18.0 Å². The standard InChI is InChI=1S/C9H12F3N3OS/c1-5(13)8(16)14-3-2-7-15-6(4-17-7)9(10,11)12/h4-5H,2-3,13H2,1H3,(H,14,16)/t5-/m0/s1. The summed E-state index contributed by atoms with van der Waals surface area (Å²) in [5.41, 5.74) is 4.41. The van der Waals surface area contributed by atoms with Gasteiger partial charge >= 0.3 is 6.18 Å². The van der Waals surface area contributed by atoms with Crippen molar-refractivity contribution in [1.29, 1.82) is 0 Å². The summed E-state index contributed by atoms with van der Waals surface area (Å²) in [7, 11) is 0. The molecule has 17 heavy (non-hydrogen) atoms. The van der Waals surface area contributed by atoms with Crippen LogP contribution in [0.25, 0.3) is 0 Å². The minimum atomic E-state index is -4.41. The summed E-state index contributed by atoms with van der Waals surface area (Å²) in [6.07, 6.45) is -4.15. The molecule has 3 N–H and O–H groups in total. The first kappa shape index (κ1) is 13.9. The molecule has 1 amide bonds. The minimum Gasteiger partial charge on any atom is -0.354 e. The van der Waals surface area contributed by atoms with E-state index in [0.717, 1.165) is 16.7 Å². The molecule has 1 atom stereocenters. The smallest absolute Gasteiger partial charge is 0.354 e. The van der Waals surface area contributed by atoms with Gasteiger partial charge in [-0.1, -0.05) is 0 Å². The molecule has 0 spiro atoms. The average Bonchev–Trinajstić information content (AvgIpc) is 2.65. The number of thiazole rings is 1. The lowest BCUT2D eigenvalue weighted by molar-refractivity contribution is -0.140. The molecule has 0 unspecified atom stereocenters. The Labute approximate surface area is 100 Å². The molecule has 4 nitrogen and oxygen atoms in total. The van der Waals surface area contributed by atoms with E-state index in [1.807, 2.05) is 0 Å². The van der Waals surface area contributed by atoms with Crippen molar-refractivity contribution in [1.82, 2.24) is 10.3 Å². The first-order chi connectivity index (χ1) is 7.80. The zero-order chi connectivity index (χ0) is 13.1. The van der Waals surface area contributed by atoms with Crippen LogP contribution in [-0.4, -0.2) is 23.5 Å². The number of rotatable bonds is 4. The van der Waals surface area contributed by atoms with Gasteiger partial charge in [-0.15, -0.1) is 11.3 Å². The van der Waals surface area contributed by atoms with E-state index in [2.05, 4.69) is 10.3 Å². The molecule has 0 aliphatic rings. The summed E-state index contributed by atoms with van der Waals surface area (Å²) < 4.78 is 36.6. The molecule has 96 valence electrons. The maximum atomic E-state index is 12.2. The minimum absolute atomic E-state index is 0.227. The summed E-state index contributed by atoms with van der Waals surface area (Å²) in [4.78, 5) is 14.5. The van der Waals surface area contributed by atoms with Gasteiger partial charge in [0.05, 0.1) is 11.0 Å². The number of nitrogens with two attached hydrogens (primary N) is 1. The van der Waals surface area contributed by atoms with Crippen LogP contribution in [0.3, 0.4) is 0 Å². The van der Waals surface area contributed by atoms with Crippen LogP contribution in [0.15, 0.2) is 5.38 Å². The second-order valence-corrected chi connectivity index (χ2v) is 4.40. The highest BCUT2D eigenvalue weighted by molar-refractivity contribution is 7.09. The van der Waals surface area contributed by atoms with Gasteiger partial charge in [0.1, 0.15) is 0 Å². The third kappa shape index (κ3) is 4.31. The van der Waals surface area contributed by atoms with Crippen molar-refractivity contribution in [3.05, 3.63) is 16.1 Å². The molecule has 0 aliphatic carbocycles. The van der Waals surface area contributed by atoms with Crippen molar-refractivity contribution in [2.24, 2.45) is 5.73 Å². The van der Waals surface area contributed by atoms with E-state index in [1.54, 1.807) is 0 Å². The Morgan fingerprint density at radius 3 is 2.76 bits per heavy atom. The molecule has 0 saturated carbocycles. The van der Waals surface area contributed by atoms with E-state index in [0.29, 0.717) is 5.01 Å². The van der Waals surface area contributed by atoms with Gasteiger partial charge in [-0.2, -0.15) is 13.2 Å². The highest BCUT2D eigenvalue weighted by Gasteiger charge is 2.33. The summed E-state index contributed by atoms with van der Waals surface area (Å²) in [5, 5.41) is 3.80. The first-order valence-electron chi connectivity index (χ1n) is 4.85. The highest BCUT2D eigenvalue weighted by atomic mass is 32.1. The van der Waals surface area contributed by atoms with Crippen molar-refractivity contribution < 1.29 is 18.0 Å². The van der Waals surface area contributed by atoms with Gasteiger partial charge in [0.2, 0.25) is 5.91 Å². The van der Waals surface area contributed by atoms with Crippen LogP contribution < -0.4 is 11.1 Å². The normalized spacial score (nSPS) is 13.5. The molecule has 1 heterocycles. The van der Waals surface area contributed by atoms with Crippen LogP contribution in [0.1, 0.15) is 17.6 Å². The number of carbonyl (C=O) groups is 1. The Morgan fingerprint density at radius 1 is 1.65 bits per heavy atom. The molecule has 0 aromatic carbocycles. The fraction of sp³-hybridized carbons (Fsp3) is 0.556. The van der Waals surface area contributed by atoms with Gasteiger partial charge in [-0.3, -0.25) is 4.79 Å². The summed E-state index contributed by atoms with van der Waals surface area (Å²) in [5.74, 6) is -0.336. The van der Waals surface area contributed by atoms with Gasteiger partial charge in [-0.05, 0) is 6.92 Å².